The van der Waals surface area contributed by atoms with Crippen molar-refractivity contribution in [3.8, 4) is 0 Å². The van der Waals surface area contributed by atoms with Gasteiger partial charge >= 0.3 is 0 Å². The molecule has 2 N–H and O–H groups in total. The Morgan fingerprint density at radius 3 is 2.77 bits per heavy atom. The molecule has 1 fully saturated rings. The number of sulfone groups is 1. The van der Waals surface area contributed by atoms with Gasteiger partial charge in [-0.1, -0.05) is 0 Å². The van der Waals surface area contributed by atoms with Gasteiger partial charge in [-0.2, -0.15) is 0 Å². The van der Waals surface area contributed by atoms with Crippen LogP contribution in [-0.2, 0) is 9.84 Å². The van der Waals surface area contributed by atoms with Crippen LogP contribution in [0.1, 0.15) is 19.3 Å². The molecule has 1 heterocycles. The Bertz CT molecular complexity index is 263. The summed E-state index contributed by atoms with van der Waals surface area (Å²) in [7, 11) is -1.21. The van der Waals surface area contributed by atoms with Gasteiger partial charge in [0.15, 0.2) is 9.84 Å². The van der Waals surface area contributed by atoms with Crippen LogP contribution in [0.25, 0.3) is 0 Å². The van der Waals surface area contributed by atoms with E-state index in [1.165, 1.54) is 0 Å². The lowest BCUT2D eigenvalue weighted by Crippen LogP contribution is -2.44. The van der Waals surface area contributed by atoms with Crippen LogP contribution in [0.3, 0.4) is 0 Å². The summed E-state index contributed by atoms with van der Waals surface area (Å²) >= 11 is 0. The van der Waals surface area contributed by atoms with Crippen molar-refractivity contribution in [1.82, 2.24) is 5.32 Å². The summed E-state index contributed by atoms with van der Waals surface area (Å²) in [5.74, 6) is 0.163. The molecule has 0 aliphatic carbocycles. The van der Waals surface area contributed by atoms with Crippen molar-refractivity contribution in [3.05, 3.63) is 0 Å². The standard InChI is InChI=1S/C8H17NO3S/c1-9-5-4-8(10)3-2-6-13(11,12)7-8/h9-10H,2-7H2,1H3. The van der Waals surface area contributed by atoms with E-state index in [-0.39, 0.29) is 11.5 Å². The fraction of sp³-hybridized carbons (Fsp3) is 1.00. The molecular formula is C8H17NO3S. The summed E-state index contributed by atoms with van der Waals surface area (Å²) in [4.78, 5) is 0. The van der Waals surface area contributed by atoms with Gasteiger partial charge in [0.2, 0.25) is 0 Å². The quantitative estimate of drug-likeness (QED) is 0.657. The lowest BCUT2D eigenvalue weighted by molar-refractivity contribution is 0.0419. The Hall–Kier alpha value is -0.130. The molecule has 1 saturated heterocycles. The lowest BCUT2D eigenvalue weighted by atomic mass is 9.96. The minimum atomic E-state index is -3.00. The van der Waals surface area contributed by atoms with Gasteiger partial charge in [0.1, 0.15) is 0 Å². The van der Waals surface area contributed by atoms with Crippen LogP contribution in [0.15, 0.2) is 0 Å². The number of hydrogen-bond donors (Lipinski definition) is 2. The second-order valence-electron chi connectivity index (χ2n) is 3.77. The van der Waals surface area contributed by atoms with E-state index in [1.54, 1.807) is 7.05 Å². The molecule has 0 radical (unpaired) electrons. The second-order valence-corrected chi connectivity index (χ2v) is 5.96. The molecule has 5 heteroatoms. The second kappa shape index (κ2) is 3.94. The van der Waals surface area contributed by atoms with Crippen molar-refractivity contribution >= 4 is 9.84 Å². The number of hydrogen-bond acceptors (Lipinski definition) is 4. The molecule has 0 aromatic heterocycles. The molecular weight excluding hydrogens is 190 g/mol. The maximum atomic E-state index is 11.2. The van der Waals surface area contributed by atoms with Gasteiger partial charge in [0.05, 0.1) is 17.1 Å². The van der Waals surface area contributed by atoms with Gasteiger partial charge in [0, 0.05) is 0 Å². The first-order chi connectivity index (χ1) is 5.97. The maximum absolute atomic E-state index is 11.2. The molecule has 0 aromatic rings. The van der Waals surface area contributed by atoms with Crippen LogP contribution in [0.4, 0.5) is 0 Å². The third kappa shape index (κ3) is 3.25. The van der Waals surface area contributed by atoms with Crippen molar-refractivity contribution in [2.45, 2.75) is 24.9 Å². The Labute approximate surface area is 79.3 Å². The molecule has 78 valence electrons. The lowest BCUT2D eigenvalue weighted by Gasteiger charge is -2.31. The van der Waals surface area contributed by atoms with Crippen molar-refractivity contribution in [3.63, 3.8) is 0 Å². The first-order valence-corrected chi connectivity index (χ1v) is 6.37. The molecule has 0 bridgehead atoms. The summed E-state index contributed by atoms with van der Waals surface area (Å²) in [6.07, 6.45) is 1.71. The predicted octanol–water partition coefficient (Wildman–Crippen LogP) is -0.464. The smallest absolute Gasteiger partial charge is 0.153 e. The van der Waals surface area contributed by atoms with Crippen LogP contribution in [0.2, 0.25) is 0 Å². The molecule has 1 atom stereocenters. The zero-order chi connectivity index (χ0) is 9.95. The normalized spacial score (nSPS) is 33.1. The van der Waals surface area contributed by atoms with Crippen molar-refractivity contribution in [2.75, 3.05) is 25.1 Å². The van der Waals surface area contributed by atoms with E-state index >= 15 is 0 Å². The van der Waals surface area contributed by atoms with Crippen LogP contribution in [0.5, 0.6) is 0 Å². The summed E-state index contributed by atoms with van der Waals surface area (Å²) in [5.41, 5.74) is -0.986. The van der Waals surface area contributed by atoms with Crippen molar-refractivity contribution in [1.29, 1.82) is 0 Å². The highest BCUT2D eigenvalue weighted by Crippen LogP contribution is 2.25. The third-order valence-corrected chi connectivity index (χ3v) is 4.31. The predicted molar refractivity (Wildman–Crippen MR) is 51.4 cm³/mol. The molecule has 0 aromatic carbocycles. The molecule has 1 aliphatic heterocycles. The van der Waals surface area contributed by atoms with Crippen LogP contribution in [-0.4, -0.2) is 44.2 Å². The average Bonchev–Trinajstić information content (AvgIpc) is 1.98. The average molecular weight is 207 g/mol. The monoisotopic (exact) mass is 207 g/mol. The van der Waals surface area contributed by atoms with E-state index in [2.05, 4.69) is 5.32 Å². The molecule has 1 aliphatic rings. The Morgan fingerprint density at radius 1 is 1.54 bits per heavy atom. The molecule has 0 spiro atoms. The van der Waals surface area contributed by atoms with E-state index in [4.69, 9.17) is 0 Å². The third-order valence-electron chi connectivity index (χ3n) is 2.43. The van der Waals surface area contributed by atoms with E-state index < -0.39 is 15.4 Å². The zero-order valence-electron chi connectivity index (χ0n) is 7.91. The first kappa shape index (κ1) is 10.9. The van der Waals surface area contributed by atoms with Crippen LogP contribution >= 0.6 is 0 Å². The summed E-state index contributed by atoms with van der Waals surface area (Å²) < 4.78 is 22.5. The van der Waals surface area contributed by atoms with Gasteiger partial charge in [-0.3, -0.25) is 0 Å². The number of nitrogens with one attached hydrogen (secondary N) is 1. The van der Waals surface area contributed by atoms with Crippen LogP contribution < -0.4 is 5.32 Å². The molecule has 0 saturated carbocycles. The fourth-order valence-electron chi connectivity index (χ4n) is 1.73. The molecule has 1 rings (SSSR count). The highest BCUT2D eigenvalue weighted by atomic mass is 32.2. The Kier molecular flexibility index (Phi) is 3.32. The highest BCUT2D eigenvalue weighted by molar-refractivity contribution is 7.91. The van der Waals surface area contributed by atoms with E-state index in [1.807, 2.05) is 0 Å². The van der Waals surface area contributed by atoms with Crippen LogP contribution in [0, 0.1) is 0 Å². The summed E-state index contributed by atoms with van der Waals surface area (Å²) in [6, 6.07) is 0. The van der Waals surface area contributed by atoms with E-state index in [9.17, 15) is 13.5 Å². The topological polar surface area (TPSA) is 66.4 Å². The van der Waals surface area contributed by atoms with Gasteiger partial charge < -0.3 is 10.4 Å². The minimum absolute atomic E-state index is 0.0678. The maximum Gasteiger partial charge on any atom is 0.153 e. The van der Waals surface area contributed by atoms with E-state index in [0.717, 1.165) is 0 Å². The molecule has 13 heavy (non-hydrogen) atoms. The highest BCUT2D eigenvalue weighted by Gasteiger charge is 2.36. The fourth-order valence-corrected chi connectivity index (χ4v) is 3.57. The number of rotatable bonds is 3. The minimum Gasteiger partial charge on any atom is -0.389 e. The first-order valence-electron chi connectivity index (χ1n) is 4.55. The Morgan fingerprint density at radius 2 is 2.23 bits per heavy atom. The van der Waals surface area contributed by atoms with Gasteiger partial charge in [0.25, 0.3) is 0 Å². The van der Waals surface area contributed by atoms with Crippen molar-refractivity contribution < 1.29 is 13.5 Å². The SMILES string of the molecule is CNCCC1(O)CCCS(=O)(=O)C1. The molecule has 0 amide bonds. The van der Waals surface area contributed by atoms with Gasteiger partial charge in [-0.25, -0.2) is 8.42 Å². The van der Waals surface area contributed by atoms with E-state index in [0.29, 0.717) is 25.8 Å². The summed E-state index contributed by atoms with van der Waals surface area (Å²) in [5, 5.41) is 12.8. The largest absolute Gasteiger partial charge is 0.389 e. The number of aliphatic hydroxyl groups is 1. The zero-order valence-corrected chi connectivity index (χ0v) is 8.73. The summed E-state index contributed by atoms with van der Waals surface area (Å²) in [6.45, 7) is 0.659. The van der Waals surface area contributed by atoms with Crippen molar-refractivity contribution in [2.24, 2.45) is 0 Å². The van der Waals surface area contributed by atoms with Gasteiger partial charge in [-0.15, -0.1) is 0 Å². The van der Waals surface area contributed by atoms with Gasteiger partial charge in [-0.05, 0) is 32.9 Å². The molecule has 1 unspecified atom stereocenters. The molecule has 4 nitrogen and oxygen atoms in total. The Balaban J connectivity index is 2.58.